The van der Waals surface area contributed by atoms with Crippen molar-refractivity contribution >= 4 is 29.4 Å². The highest BCUT2D eigenvalue weighted by Gasteiger charge is 2.33. The van der Waals surface area contributed by atoms with E-state index in [9.17, 15) is 14.4 Å². The summed E-state index contributed by atoms with van der Waals surface area (Å²) >= 11 is 1.23. The fraction of sp³-hybridized carbons (Fsp3) is 0.185. The van der Waals surface area contributed by atoms with Crippen LogP contribution >= 0.6 is 11.3 Å². The average molecular weight is 505 g/mol. The molecule has 184 valence electrons. The standard InChI is InChI=1S/C27H24N2O6S/c1-5-14-35-26(32)22-16(2)28-27-29(23(22)18-8-10-19(11-9-18)25(31)34-4)24(30)21(36-27)15-17-6-12-20(33-3)13-7-17/h5-13,15,23H,1,14H2,2-4H3. The van der Waals surface area contributed by atoms with Gasteiger partial charge in [0.25, 0.3) is 5.56 Å². The van der Waals surface area contributed by atoms with Gasteiger partial charge in [-0.2, -0.15) is 0 Å². The van der Waals surface area contributed by atoms with E-state index in [0.717, 1.165) is 5.56 Å². The Morgan fingerprint density at radius 2 is 1.78 bits per heavy atom. The molecular weight excluding hydrogens is 480 g/mol. The maximum atomic E-state index is 13.6. The number of carbonyl (C=O) groups is 2. The number of rotatable bonds is 7. The van der Waals surface area contributed by atoms with Crippen molar-refractivity contribution in [2.24, 2.45) is 4.99 Å². The second-order valence-electron chi connectivity index (χ2n) is 7.86. The predicted molar refractivity (Wildman–Crippen MR) is 136 cm³/mol. The summed E-state index contributed by atoms with van der Waals surface area (Å²) in [5, 5.41) is 0. The van der Waals surface area contributed by atoms with E-state index in [1.807, 2.05) is 24.3 Å². The first-order valence-electron chi connectivity index (χ1n) is 11.0. The lowest BCUT2D eigenvalue weighted by molar-refractivity contribution is -0.138. The van der Waals surface area contributed by atoms with Crippen LogP contribution in [0.15, 0.2) is 82.2 Å². The number of esters is 2. The molecule has 0 spiro atoms. The third-order valence-electron chi connectivity index (χ3n) is 5.63. The zero-order valence-electron chi connectivity index (χ0n) is 20.0. The molecule has 8 nitrogen and oxygen atoms in total. The van der Waals surface area contributed by atoms with Crippen LogP contribution in [0.5, 0.6) is 5.75 Å². The molecule has 3 aromatic rings. The van der Waals surface area contributed by atoms with E-state index in [4.69, 9.17) is 14.2 Å². The van der Waals surface area contributed by atoms with Gasteiger partial charge in [-0.25, -0.2) is 14.6 Å². The zero-order chi connectivity index (χ0) is 25.8. The summed E-state index contributed by atoms with van der Waals surface area (Å²) in [6, 6.07) is 13.1. The third kappa shape index (κ3) is 4.78. The van der Waals surface area contributed by atoms with Crippen molar-refractivity contribution < 1.29 is 23.8 Å². The first-order chi connectivity index (χ1) is 17.4. The Bertz CT molecular complexity index is 1530. The summed E-state index contributed by atoms with van der Waals surface area (Å²) in [5.41, 5.74) is 2.19. The van der Waals surface area contributed by atoms with Crippen LogP contribution in [0.4, 0.5) is 0 Å². The lowest BCUT2D eigenvalue weighted by Gasteiger charge is -2.24. The van der Waals surface area contributed by atoms with E-state index in [0.29, 0.717) is 31.9 Å². The van der Waals surface area contributed by atoms with Crippen molar-refractivity contribution in [3.05, 3.63) is 109 Å². The van der Waals surface area contributed by atoms with Crippen molar-refractivity contribution in [2.45, 2.75) is 13.0 Å². The topological polar surface area (TPSA) is 96.2 Å². The molecule has 2 heterocycles. The minimum atomic E-state index is -0.789. The van der Waals surface area contributed by atoms with Gasteiger partial charge < -0.3 is 14.2 Å². The molecule has 2 aromatic carbocycles. The largest absolute Gasteiger partial charge is 0.497 e. The fourth-order valence-corrected chi connectivity index (χ4v) is 4.93. The van der Waals surface area contributed by atoms with Crippen molar-refractivity contribution in [2.75, 3.05) is 20.8 Å². The van der Waals surface area contributed by atoms with Crippen LogP contribution in [0, 0.1) is 0 Å². The van der Waals surface area contributed by atoms with Gasteiger partial charge in [-0.1, -0.05) is 48.3 Å². The Labute approximate surface area is 211 Å². The lowest BCUT2D eigenvalue weighted by atomic mass is 9.95. The quantitative estimate of drug-likeness (QED) is 0.363. The van der Waals surface area contributed by atoms with Gasteiger partial charge in [-0.15, -0.1) is 0 Å². The molecule has 1 unspecified atom stereocenters. The van der Waals surface area contributed by atoms with E-state index in [1.165, 1.54) is 29.1 Å². The van der Waals surface area contributed by atoms with Gasteiger partial charge in [-0.3, -0.25) is 9.36 Å². The van der Waals surface area contributed by atoms with Gasteiger partial charge in [0.05, 0.1) is 41.6 Å². The van der Waals surface area contributed by atoms with Crippen LogP contribution in [-0.2, 0) is 14.3 Å². The summed E-state index contributed by atoms with van der Waals surface area (Å²) in [5.74, 6) is -0.368. The number of fused-ring (bicyclic) bond motifs is 1. The molecule has 0 bridgehead atoms. The minimum absolute atomic E-state index is 0.0193. The van der Waals surface area contributed by atoms with E-state index >= 15 is 0 Å². The molecule has 1 aromatic heterocycles. The molecule has 36 heavy (non-hydrogen) atoms. The molecule has 0 aliphatic carbocycles. The number of nitrogens with zero attached hydrogens (tertiary/aromatic N) is 2. The van der Waals surface area contributed by atoms with Crippen LogP contribution in [0.25, 0.3) is 6.08 Å². The Morgan fingerprint density at radius 1 is 1.08 bits per heavy atom. The molecule has 0 N–H and O–H groups in total. The highest BCUT2D eigenvalue weighted by atomic mass is 32.1. The Hall–Kier alpha value is -4.24. The summed E-state index contributed by atoms with van der Waals surface area (Å²) in [6.45, 7) is 5.31. The van der Waals surface area contributed by atoms with Gasteiger partial charge >= 0.3 is 11.9 Å². The molecule has 4 rings (SSSR count). The number of hydrogen-bond donors (Lipinski definition) is 0. The Kier molecular flexibility index (Phi) is 7.30. The van der Waals surface area contributed by atoms with Crippen molar-refractivity contribution in [1.29, 1.82) is 0 Å². The molecule has 9 heteroatoms. The highest BCUT2D eigenvalue weighted by Crippen LogP contribution is 2.31. The van der Waals surface area contributed by atoms with Crippen LogP contribution < -0.4 is 19.6 Å². The van der Waals surface area contributed by atoms with Crippen LogP contribution in [0.3, 0.4) is 0 Å². The Morgan fingerprint density at radius 3 is 2.39 bits per heavy atom. The SMILES string of the molecule is C=CCOC(=O)C1=C(C)N=c2sc(=Cc3ccc(OC)cc3)c(=O)n2C1c1ccc(C(=O)OC)cc1. The second-order valence-corrected chi connectivity index (χ2v) is 8.86. The van der Waals surface area contributed by atoms with Gasteiger partial charge in [0.2, 0.25) is 0 Å². The highest BCUT2D eigenvalue weighted by molar-refractivity contribution is 7.07. The number of ether oxygens (including phenoxy) is 3. The number of hydrogen-bond acceptors (Lipinski definition) is 8. The smallest absolute Gasteiger partial charge is 0.338 e. The number of benzene rings is 2. The molecule has 0 saturated heterocycles. The summed E-state index contributed by atoms with van der Waals surface area (Å²) in [6.07, 6.45) is 3.24. The van der Waals surface area contributed by atoms with Crippen LogP contribution in [-0.4, -0.2) is 37.3 Å². The number of carbonyl (C=O) groups excluding carboxylic acids is 2. The van der Waals surface area contributed by atoms with E-state index in [1.54, 1.807) is 44.4 Å². The minimum Gasteiger partial charge on any atom is -0.497 e. The summed E-state index contributed by atoms with van der Waals surface area (Å²) in [7, 11) is 2.89. The number of methoxy groups -OCH3 is 2. The van der Waals surface area contributed by atoms with E-state index in [2.05, 4.69) is 11.6 Å². The third-order valence-corrected chi connectivity index (χ3v) is 6.62. The maximum absolute atomic E-state index is 13.6. The normalized spacial score (nSPS) is 15.1. The van der Waals surface area contributed by atoms with Gasteiger partial charge in [0.15, 0.2) is 4.80 Å². The van der Waals surface area contributed by atoms with Crippen molar-refractivity contribution in [3.63, 3.8) is 0 Å². The lowest BCUT2D eigenvalue weighted by Crippen LogP contribution is -2.40. The molecular formula is C27H24N2O6S. The maximum Gasteiger partial charge on any atom is 0.338 e. The van der Waals surface area contributed by atoms with Gasteiger partial charge in [0.1, 0.15) is 12.4 Å². The first kappa shape index (κ1) is 24.9. The van der Waals surface area contributed by atoms with E-state index < -0.39 is 18.0 Å². The fourth-order valence-electron chi connectivity index (χ4n) is 3.88. The monoisotopic (exact) mass is 504 g/mol. The number of aromatic nitrogens is 1. The average Bonchev–Trinajstić information content (AvgIpc) is 3.20. The summed E-state index contributed by atoms with van der Waals surface area (Å²) < 4.78 is 17.3. The van der Waals surface area contributed by atoms with E-state index in [-0.39, 0.29) is 17.7 Å². The van der Waals surface area contributed by atoms with Crippen molar-refractivity contribution in [1.82, 2.24) is 4.57 Å². The van der Waals surface area contributed by atoms with Crippen LogP contribution in [0.2, 0.25) is 0 Å². The van der Waals surface area contributed by atoms with Crippen LogP contribution in [0.1, 0.15) is 34.5 Å². The zero-order valence-corrected chi connectivity index (χ0v) is 20.8. The van der Waals surface area contributed by atoms with Crippen molar-refractivity contribution in [3.8, 4) is 5.75 Å². The molecule has 0 fully saturated rings. The predicted octanol–water partition coefficient (Wildman–Crippen LogP) is 2.76. The Balaban J connectivity index is 1.88. The first-order valence-corrected chi connectivity index (χ1v) is 11.8. The molecule has 0 saturated carbocycles. The molecule has 1 aliphatic heterocycles. The number of allylic oxidation sites excluding steroid dienone is 1. The molecule has 1 aliphatic rings. The second kappa shape index (κ2) is 10.6. The molecule has 1 atom stereocenters. The molecule has 0 radical (unpaired) electrons. The number of thiazole rings is 1. The summed E-state index contributed by atoms with van der Waals surface area (Å²) in [4.78, 5) is 43.6. The van der Waals surface area contributed by atoms with Gasteiger partial charge in [0, 0.05) is 0 Å². The molecule has 0 amide bonds. The van der Waals surface area contributed by atoms with Gasteiger partial charge in [-0.05, 0) is 48.4 Å².